The number of ether oxygens (including phenoxy) is 1. The Balaban J connectivity index is 1.69. The third kappa shape index (κ3) is 4.02. The molecule has 3 unspecified atom stereocenters. The maximum atomic E-state index is 13.5. The Bertz CT molecular complexity index is 1230. The maximum absolute atomic E-state index is 13.5. The molecule has 0 saturated carbocycles. The Labute approximate surface area is 188 Å². The van der Waals surface area contributed by atoms with Gasteiger partial charge in [-0.15, -0.1) is 0 Å². The Morgan fingerprint density at radius 3 is 2.67 bits per heavy atom. The Hall–Kier alpha value is -3.19. The molecule has 10 nitrogen and oxygen atoms in total. The molecule has 3 N–H and O–H groups in total. The predicted molar refractivity (Wildman–Crippen MR) is 112 cm³/mol. The van der Waals surface area contributed by atoms with E-state index in [1.807, 2.05) is 0 Å². The van der Waals surface area contributed by atoms with Crippen molar-refractivity contribution in [3.63, 3.8) is 0 Å². The zero-order valence-corrected chi connectivity index (χ0v) is 18.5. The summed E-state index contributed by atoms with van der Waals surface area (Å²) >= 11 is 0. The van der Waals surface area contributed by atoms with Crippen LogP contribution < -0.4 is 14.8 Å². The van der Waals surface area contributed by atoms with Crippen molar-refractivity contribution in [3.05, 3.63) is 41.7 Å². The first-order valence-electron chi connectivity index (χ1n) is 10.1. The van der Waals surface area contributed by atoms with Crippen LogP contribution in [-0.4, -0.2) is 60.2 Å². The van der Waals surface area contributed by atoms with Gasteiger partial charge >= 0.3 is 6.09 Å². The molecule has 2 aliphatic rings. The number of aromatic nitrogens is 1. The van der Waals surface area contributed by atoms with Gasteiger partial charge in [0.25, 0.3) is 5.91 Å². The first kappa shape index (κ1) is 23.0. The number of hydrogen-bond donors (Lipinski definition) is 3. The normalized spacial score (nSPS) is 23.6. The van der Waals surface area contributed by atoms with Crippen LogP contribution in [0.15, 0.2) is 29.3 Å². The molecule has 1 aromatic heterocycles. The number of amides is 2. The summed E-state index contributed by atoms with van der Waals surface area (Å²) < 4.78 is 62.6. The number of sulfonamides is 1. The van der Waals surface area contributed by atoms with Gasteiger partial charge in [0, 0.05) is 49.5 Å². The largest absolute Gasteiger partial charge is 0.489 e. The second-order valence-electron chi connectivity index (χ2n) is 7.98. The minimum atomic E-state index is -4.16. The van der Waals surface area contributed by atoms with Gasteiger partial charge in [0.05, 0.1) is 6.61 Å². The highest BCUT2D eigenvalue weighted by atomic mass is 32.2. The molecular weight excluding hydrogens is 462 g/mol. The maximum Gasteiger partial charge on any atom is 0.407 e. The summed E-state index contributed by atoms with van der Waals surface area (Å²) in [6.07, 6.45) is 0.501. The summed E-state index contributed by atoms with van der Waals surface area (Å²) in [7, 11) is -2.71. The number of aryl methyl sites for hydroxylation is 1. The summed E-state index contributed by atoms with van der Waals surface area (Å²) in [4.78, 5) is 25.5. The van der Waals surface area contributed by atoms with Crippen LogP contribution in [-0.2, 0) is 17.1 Å². The first-order chi connectivity index (χ1) is 15.5. The smallest absolute Gasteiger partial charge is 0.407 e. The topological polar surface area (TPSA) is 130 Å². The molecule has 1 fully saturated rings. The second-order valence-corrected chi connectivity index (χ2v) is 9.66. The molecule has 0 radical (unpaired) electrons. The average molecular weight is 484 g/mol. The van der Waals surface area contributed by atoms with Gasteiger partial charge < -0.3 is 24.6 Å². The van der Waals surface area contributed by atoms with Crippen LogP contribution in [0.25, 0.3) is 0 Å². The van der Waals surface area contributed by atoms with Crippen LogP contribution in [0.5, 0.6) is 5.75 Å². The summed E-state index contributed by atoms with van der Waals surface area (Å²) in [5, 5.41) is 11.9. The van der Waals surface area contributed by atoms with E-state index in [1.165, 1.54) is 22.7 Å². The molecule has 0 bridgehead atoms. The van der Waals surface area contributed by atoms with E-state index < -0.39 is 51.7 Å². The number of halogens is 2. The van der Waals surface area contributed by atoms with E-state index in [1.54, 1.807) is 6.92 Å². The molecule has 0 aliphatic carbocycles. The number of benzene rings is 1. The zero-order valence-electron chi connectivity index (χ0n) is 17.7. The van der Waals surface area contributed by atoms with Gasteiger partial charge in [0.1, 0.15) is 4.90 Å². The Morgan fingerprint density at radius 1 is 1.30 bits per heavy atom. The average Bonchev–Trinajstić information content (AvgIpc) is 3.25. The molecule has 1 saturated heterocycles. The number of hydrogen-bond acceptors (Lipinski definition) is 5. The molecule has 3 heterocycles. The van der Waals surface area contributed by atoms with E-state index >= 15 is 0 Å². The fraction of sp³-hybridized carbons (Fsp3) is 0.400. The molecule has 2 aromatic rings. The highest BCUT2D eigenvalue weighted by Crippen LogP contribution is 2.37. The second kappa shape index (κ2) is 8.30. The quantitative estimate of drug-likeness (QED) is 0.611. The first-order valence-corrected chi connectivity index (χ1v) is 11.6. The van der Waals surface area contributed by atoms with E-state index in [2.05, 4.69) is 10.0 Å². The molecule has 13 heteroatoms. The molecule has 4 rings (SSSR count). The highest BCUT2D eigenvalue weighted by Gasteiger charge is 2.47. The molecule has 1 aromatic carbocycles. The molecular formula is C20H22F2N4O6S. The zero-order chi connectivity index (χ0) is 24.1. The molecule has 33 heavy (non-hydrogen) atoms. The van der Waals surface area contributed by atoms with Crippen LogP contribution in [0.1, 0.15) is 23.8 Å². The van der Waals surface area contributed by atoms with Crippen LogP contribution in [0, 0.1) is 17.6 Å². The Morgan fingerprint density at radius 2 is 2.03 bits per heavy atom. The predicted octanol–water partition coefficient (Wildman–Crippen LogP) is 1.98. The van der Waals surface area contributed by atoms with Gasteiger partial charge in [-0.3, -0.25) is 4.79 Å². The number of carbonyl (C=O) groups excluding carboxylic acids is 1. The van der Waals surface area contributed by atoms with Crippen LogP contribution in [0.3, 0.4) is 0 Å². The molecule has 178 valence electrons. The monoisotopic (exact) mass is 484 g/mol. The van der Waals surface area contributed by atoms with Gasteiger partial charge in [0.15, 0.2) is 23.1 Å². The lowest BCUT2D eigenvalue weighted by Crippen LogP contribution is -2.44. The molecule has 0 spiro atoms. The minimum absolute atomic E-state index is 0.0211. The van der Waals surface area contributed by atoms with Gasteiger partial charge in [-0.05, 0) is 18.6 Å². The number of nitrogens with zero attached hydrogens (tertiary/aromatic N) is 2. The fourth-order valence-electron chi connectivity index (χ4n) is 4.45. The van der Waals surface area contributed by atoms with Gasteiger partial charge in [-0.2, -0.15) is 0 Å². The molecule has 3 atom stereocenters. The Kier molecular flexibility index (Phi) is 5.78. The van der Waals surface area contributed by atoms with Crippen LogP contribution in [0.4, 0.5) is 19.3 Å². The van der Waals surface area contributed by atoms with Crippen molar-refractivity contribution >= 4 is 27.7 Å². The number of anilines is 1. The van der Waals surface area contributed by atoms with Crippen molar-refractivity contribution in [3.8, 4) is 5.75 Å². The standard InChI is InChI=1S/C20H22F2N4O6S/c1-3-15-11-9-32-18-16(33(30,31)24-14(11)7-26(15)20(28)29)8-25(2)17(18)19(27)23-10-4-5-12(21)13(22)6-10/h4-6,8,11,14-15,24H,3,7,9H2,1-2H3,(H,23,27)(H,28,29). The van der Waals surface area contributed by atoms with Crippen molar-refractivity contribution in [2.24, 2.45) is 13.0 Å². The van der Waals surface area contributed by atoms with E-state index in [-0.39, 0.29) is 35.2 Å². The van der Waals surface area contributed by atoms with Gasteiger partial charge in [-0.1, -0.05) is 6.92 Å². The van der Waals surface area contributed by atoms with E-state index in [9.17, 15) is 31.9 Å². The van der Waals surface area contributed by atoms with Crippen molar-refractivity contribution in [2.45, 2.75) is 30.3 Å². The number of carbonyl (C=O) groups is 2. The van der Waals surface area contributed by atoms with E-state index in [4.69, 9.17) is 4.74 Å². The third-order valence-electron chi connectivity index (χ3n) is 5.98. The molecule has 2 aliphatic heterocycles. The van der Waals surface area contributed by atoms with Crippen molar-refractivity contribution in [1.82, 2.24) is 14.2 Å². The summed E-state index contributed by atoms with van der Waals surface area (Å²) in [5.41, 5.74) is -0.167. The number of likely N-dealkylation sites (tertiary alicyclic amines) is 1. The number of fused-ring (bicyclic) bond motifs is 2. The number of carboxylic acid groups (broad SMARTS) is 1. The van der Waals surface area contributed by atoms with Crippen molar-refractivity contribution < 1.29 is 36.6 Å². The van der Waals surface area contributed by atoms with E-state index in [0.29, 0.717) is 6.42 Å². The lowest BCUT2D eigenvalue weighted by molar-refractivity contribution is 0.101. The van der Waals surface area contributed by atoms with E-state index in [0.717, 1.165) is 18.2 Å². The SMILES string of the molecule is CCC1C2COc3c(cn(C)c3C(=O)Nc3ccc(F)c(F)c3)S(=O)(=O)NC2CN1C(=O)O. The van der Waals surface area contributed by atoms with Crippen molar-refractivity contribution in [1.29, 1.82) is 0 Å². The summed E-state index contributed by atoms with van der Waals surface area (Å²) in [5.74, 6) is -3.70. The summed E-state index contributed by atoms with van der Waals surface area (Å²) in [6.45, 7) is 1.75. The third-order valence-corrected chi connectivity index (χ3v) is 7.46. The minimum Gasteiger partial charge on any atom is -0.489 e. The van der Waals surface area contributed by atoms with Gasteiger partial charge in [0.2, 0.25) is 10.0 Å². The van der Waals surface area contributed by atoms with Crippen molar-refractivity contribution in [2.75, 3.05) is 18.5 Å². The van der Waals surface area contributed by atoms with Crippen LogP contribution in [0.2, 0.25) is 0 Å². The lowest BCUT2D eigenvalue weighted by Gasteiger charge is -2.27. The highest BCUT2D eigenvalue weighted by molar-refractivity contribution is 7.89. The molecule has 2 amide bonds. The van der Waals surface area contributed by atoms with Crippen LogP contribution >= 0.6 is 0 Å². The summed E-state index contributed by atoms with van der Waals surface area (Å²) in [6, 6.07) is 1.65. The number of rotatable bonds is 3. The number of nitrogens with one attached hydrogen (secondary N) is 2. The van der Waals surface area contributed by atoms with Gasteiger partial charge in [-0.25, -0.2) is 26.7 Å². The fourth-order valence-corrected chi connectivity index (χ4v) is 5.93. The lowest BCUT2D eigenvalue weighted by atomic mass is 9.96.